The number of nitrogens with zero attached hydrogens (tertiary/aromatic N) is 3. The van der Waals surface area contributed by atoms with E-state index in [1.54, 1.807) is 12.1 Å². The lowest BCUT2D eigenvalue weighted by Crippen LogP contribution is -2.40. The lowest BCUT2D eigenvalue weighted by atomic mass is 9.95. The fourth-order valence-electron chi connectivity index (χ4n) is 3.64. The molecular formula is C19H24N4O5S. The Balaban J connectivity index is 1.45. The maximum Gasteiger partial charge on any atom is 0.316 e. The fraction of sp³-hybridized carbons (Fsp3) is 0.526. The number of amides is 1. The number of ether oxygens (including phenoxy) is 1. The third-order valence-electron chi connectivity index (χ3n) is 5.28. The van der Waals surface area contributed by atoms with Crippen molar-refractivity contribution >= 4 is 15.9 Å². The lowest BCUT2D eigenvalue weighted by Gasteiger charge is -2.26. The van der Waals surface area contributed by atoms with Crippen LogP contribution in [0.3, 0.4) is 0 Å². The van der Waals surface area contributed by atoms with Gasteiger partial charge in [-0.2, -0.15) is 9.29 Å². The summed E-state index contributed by atoms with van der Waals surface area (Å²) in [6.07, 6.45) is 5.35. The molecule has 1 saturated carbocycles. The Bertz CT molecular complexity index is 945. The molecular weight excluding hydrogens is 396 g/mol. The van der Waals surface area contributed by atoms with E-state index in [1.807, 2.05) is 0 Å². The van der Waals surface area contributed by atoms with E-state index in [0.717, 1.165) is 25.7 Å². The van der Waals surface area contributed by atoms with Gasteiger partial charge >= 0.3 is 11.8 Å². The van der Waals surface area contributed by atoms with E-state index in [0.29, 0.717) is 31.9 Å². The Labute approximate surface area is 169 Å². The monoisotopic (exact) mass is 420 g/mol. The van der Waals surface area contributed by atoms with Gasteiger partial charge in [0.15, 0.2) is 0 Å². The maximum atomic E-state index is 12.7. The highest BCUT2D eigenvalue weighted by Crippen LogP contribution is 2.22. The summed E-state index contributed by atoms with van der Waals surface area (Å²) >= 11 is 0. The SMILES string of the molecule is O=C(NC1CCCCC1)c1nc(-c2ccc(S(=O)(=O)N3CCOCC3)cc2)no1. The van der Waals surface area contributed by atoms with Crippen LogP contribution >= 0.6 is 0 Å². The predicted molar refractivity (Wildman–Crippen MR) is 104 cm³/mol. The van der Waals surface area contributed by atoms with Crippen molar-refractivity contribution in [1.82, 2.24) is 19.8 Å². The van der Waals surface area contributed by atoms with Crippen molar-refractivity contribution in [1.29, 1.82) is 0 Å². The first-order valence-electron chi connectivity index (χ1n) is 9.87. The number of benzene rings is 1. The number of nitrogens with one attached hydrogen (secondary N) is 1. The first-order chi connectivity index (χ1) is 14.0. The molecule has 1 aliphatic heterocycles. The zero-order valence-corrected chi connectivity index (χ0v) is 16.9. The van der Waals surface area contributed by atoms with Gasteiger partial charge in [-0.3, -0.25) is 4.79 Å². The Morgan fingerprint density at radius 3 is 2.45 bits per heavy atom. The molecule has 0 bridgehead atoms. The summed E-state index contributed by atoms with van der Waals surface area (Å²) in [7, 11) is -3.56. The molecule has 2 aliphatic rings. The van der Waals surface area contributed by atoms with E-state index in [4.69, 9.17) is 9.26 Å². The van der Waals surface area contributed by atoms with Gasteiger partial charge in [-0.05, 0) is 37.1 Å². The molecule has 1 saturated heterocycles. The van der Waals surface area contributed by atoms with Gasteiger partial charge in [-0.15, -0.1) is 0 Å². The Kier molecular flexibility index (Phi) is 5.93. The van der Waals surface area contributed by atoms with Crippen molar-refractivity contribution in [3.63, 3.8) is 0 Å². The van der Waals surface area contributed by atoms with Crippen LogP contribution in [0.2, 0.25) is 0 Å². The number of hydrogen-bond acceptors (Lipinski definition) is 7. The molecule has 2 fully saturated rings. The molecule has 156 valence electrons. The number of hydrogen-bond donors (Lipinski definition) is 1. The number of morpholine rings is 1. The molecule has 0 spiro atoms. The summed E-state index contributed by atoms with van der Waals surface area (Å²) in [5, 5.41) is 6.79. The summed E-state index contributed by atoms with van der Waals surface area (Å²) in [6.45, 7) is 1.47. The summed E-state index contributed by atoms with van der Waals surface area (Å²) < 4.78 is 37.1. The highest BCUT2D eigenvalue weighted by Gasteiger charge is 2.26. The van der Waals surface area contributed by atoms with E-state index in [-0.39, 0.29) is 28.6 Å². The minimum Gasteiger partial charge on any atom is -0.379 e. The van der Waals surface area contributed by atoms with Gasteiger partial charge < -0.3 is 14.6 Å². The summed E-state index contributed by atoms with van der Waals surface area (Å²) in [4.78, 5) is 16.7. The van der Waals surface area contributed by atoms with E-state index < -0.39 is 10.0 Å². The molecule has 9 nitrogen and oxygen atoms in total. The van der Waals surface area contributed by atoms with Crippen LogP contribution in [-0.2, 0) is 14.8 Å². The van der Waals surface area contributed by atoms with Gasteiger partial charge in [-0.1, -0.05) is 24.4 Å². The molecule has 1 amide bonds. The molecule has 2 aromatic rings. The van der Waals surface area contributed by atoms with E-state index in [2.05, 4.69) is 15.5 Å². The number of sulfonamides is 1. The van der Waals surface area contributed by atoms with Crippen molar-refractivity contribution in [3.05, 3.63) is 30.2 Å². The molecule has 1 aliphatic carbocycles. The first-order valence-corrected chi connectivity index (χ1v) is 11.3. The highest BCUT2D eigenvalue weighted by molar-refractivity contribution is 7.89. The van der Waals surface area contributed by atoms with Crippen LogP contribution in [0.15, 0.2) is 33.7 Å². The van der Waals surface area contributed by atoms with Crippen LogP contribution < -0.4 is 5.32 Å². The lowest BCUT2D eigenvalue weighted by molar-refractivity contribution is 0.0730. The standard InChI is InChI=1S/C19H24N4O5S/c24-18(20-15-4-2-1-3-5-15)19-21-17(22-28-19)14-6-8-16(9-7-14)29(25,26)23-10-12-27-13-11-23/h6-9,15H,1-5,10-13H2,(H,20,24). The van der Waals surface area contributed by atoms with Gasteiger partial charge in [0, 0.05) is 24.7 Å². The Hall–Kier alpha value is -2.30. The molecule has 0 radical (unpaired) electrons. The average molecular weight is 420 g/mol. The van der Waals surface area contributed by atoms with Crippen LogP contribution in [0.5, 0.6) is 0 Å². The third-order valence-corrected chi connectivity index (χ3v) is 7.19. The van der Waals surface area contributed by atoms with Crippen molar-refractivity contribution in [2.75, 3.05) is 26.3 Å². The van der Waals surface area contributed by atoms with Gasteiger partial charge in [0.2, 0.25) is 15.8 Å². The van der Waals surface area contributed by atoms with Crippen LogP contribution in [0.1, 0.15) is 42.8 Å². The number of carbonyl (C=O) groups excluding carboxylic acids is 1. The van der Waals surface area contributed by atoms with Gasteiger partial charge in [-0.25, -0.2) is 8.42 Å². The second-order valence-corrected chi connectivity index (χ2v) is 9.21. The highest BCUT2D eigenvalue weighted by atomic mass is 32.2. The van der Waals surface area contributed by atoms with Crippen LogP contribution in [0.4, 0.5) is 0 Å². The van der Waals surface area contributed by atoms with Crippen molar-refractivity contribution in [3.8, 4) is 11.4 Å². The average Bonchev–Trinajstić information content (AvgIpc) is 3.26. The van der Waals surface area contributed by atoms with Gasteiger partial charge in [0.05, 0.1) is 18.1 Å². The number of carbonyl (C=O) groups is 1. The molecule has 1 aromatic carbocycles. The van der Waals surface area contributed by atoms with Crippen LogP contribution in [0, 0.1) is 0 Å². The summed E-state index contributed by atoms with van der Waals surface area (Å²) in [6, 6.07) is 6.40. The zero-order chi connectivity index (χ0) is 20.3. The van der Waals surface area contributed by atoms with Crippen molar-refractivity contribution in [2.45, 2.75) is 43.0 Å². The molecule has 4 rings (SSSR count). The molecule has 10 heteroatoms. The second kappa shape index (κ2) is 8.60. The Morgan fingerprint density at radius 2 is 1.76 bits per heavy atom. The first kappa shape index (κ1) is 20.0. The fourth-order valence-corrected chi connectivity index (χ4v) is 5.05. The molecule has 2 heterocycles. The molecule has 1 aromatic heterocycles. The summed E-state index contributed by atoms with van der Waals surface area (Å²) in [5.74, 6) is -0.216. The second-order valence-electron chi connectivity index (χ2n) is 7.27. The normalized spacial score (nSPS) is 19.2. The van der Waals surface area contributed by atoms with E-state index in [9.17, 15) is 13.2 Å². The van der Waals surface area contributed by atoms with E-state index in [1.165, 1.54) is 22.9 Å². The molecule has 0 unspecified atom stereocenters. The van der Waals surface area contributed by atoms with Gasteiger partial charge in [0.1, 0.15) is 0 Å². The minimum absolute atomic E-state index is 0.0874. The van der Waals surface area contributed by atoms with Crippen LogP contribution in [-0.4, -0.2) is 61.1 Å². The van der Waals surface area contributed by atoms with Gasteiger partial charge in [0.25, 0.3) is 0 Å². The topological polar surface area (TPSA) is 115 Å². The Morgan fingerprint density at radius 1 is 1.07 bits per heavy atom. The summed E-state index contributed by atoms with van der Waals surface area (Å²) in [5.41, 5.74) is 0.575. The molecule has 0 atom stereocenters. The third kappa shape index (κ3) is 4.49. The quantitative estimate of drug-likeness (QED) is 0.784. The van der Waals surface area contributed by atoms with E-state index >= 15 is 0 Å². The largest absolute Gasteiger partial charge is 0.379 e. The molecule has 1 N–H and O–H groups in total. The van der Waals surface area contributed by atoms with Crippen LogP contribution in [0.25, 0.3) is 11.4 Å². The molecule has 29 heavy (non-hydrogen) atoms. The minimum atomic E-state index is -3.56. The maximum absolute atomic E-state index is 12.7. The van der Waals surface area contributed by atoms with Crippen molar-refractivity contribution in [2.24, 2.45) is 0 Å². The smallest absolute Gasteiger partial charge is 0.316 e. The number of aromatic nitrogens is 2. The zero-order valence-electron chi connectivity index (χ0n) is 16.0. The van der Waals surface area contributed by atoms with Crippen molar-refractivity contribution < 1.29 is 22.5 Å². The number of rotatable bonds is 5. The predicted octanol–water partition coefficient (Wildman–Crippen LogP) is 1.82.